The molecule has 1 aromatic heterocycles. The first-order valence-corrected chi connectivity index (χ1v) is 10.4. The van der Waals surface area contributed by atoms with E-state index in [0.717, 1.165) is 23.9 Å². The maximum Gasteiger partial charge on any atom is 0.416 e. The number of thioether (sulfide) groups is 1. The van der Waals surface area contributed by atoms with Gasteiger partial charge in [0, 0.05) is 12.6 Å². The minimum absolute atomic E-state index is 0.0918. The van der Waals surface area contributed by atoms with E-state index in [9.17, 15) is 22.8 Å². The number of ether oxygens (including phenoxy) is 2. The lowest BCUT2D eigenvalue weighted by Gasteiger charge is -2.15. The van der Waals surface area contributed by atoms with Crippen molar-refractivity contribution in [1.29, 1.82) is 0 Å². The summed E-state index contributed by atoms with van der Waals surface area (Å²) in [5.41, 5.74) is 5.08. The van der Waals surface area contributed by atoms with Crippen molar-refractivity contribution in [2.24, 2.45) is 5.73 Å². The lowest BCUT2D eigenvalue weighted by atomic mass is 10.1. The van der Waals surface area contributed by atoms with E-state index in [1.807, 2.05) is 0 Å². The van der Waals surface area contributed by atoms with E-state index in [-0.39, 0.29) is 34.8 Å². The summed E-state index contributed by atoms with van der Waals surface area (Å²) in [5, 5.41) is 0.541. The summed E-state index contributed by atoms with van der Waals surface area (Å²) in [4.78, 5) is 29.0. The number of nitrogens with two attached hydrogens (primary N) is 1. The number of nitrogens with zero attached hydrogens (tertiary/aromatic N) is 2. The van der Waals surface area contributed by atoms with Gasteiger partial charge in [0.05, 0.1) is 36.4 Å². The van der Waals surface area contributed by atoms with Gasteiger partial charge in [-0.3, -0.25) is 14.2 Å². The van der Waals surface area contributed by atoms with E-state index in [1.54, 1.807) is 6.07 Å². The number of alkyl halides is 3. The normalized spacial score (nSPS) is 11.5. The Hall–Kier alpha value is -3.21. The summed E-state index contributed by atoms with van der Waals surface area (Å²) in [6.07, 6.45) is -4.14. The van der Waals surface area contributed by atoms with Crippen LogP contribution in [0.25, 0.3) is 10.9 Å². The van der Waals surface area contributed by atoms with Gasteiger partial charge in [-0.1, -0.05) is 23.9 Å². The van der Waals surface area contributed by atoms with Gasteiger partial charge in [-0.2, -0.15) is 13.2 Å². The molecule has 1 heterocycles. The zero-order valence-electron chi connectivity index (χ0n) is 17.2. The van der Waals surface area contributed by atoms with E-state index in [2.05, 4.69) is 4.98 Å². The van der Waals surface area contributed by atoms with E-state index in [0.29, 0.717) is 22.6 Å². The monoisotopic (exact) mass is 467 g/mol. The van der Waals surface area contributed by atoms with Crippen LogP contribution in [0.1, 0.15) is 11.1 Å². The highest BCUT2D eigenvalue weighted by atomic mass is 32.2. The second-order valence-corrected chi connectivity index (χ2v) is 7.72. The number of primary amides is 1. The summed E-state index contributed by atoms with van der Waals surface area (Å²) < 4.78 is 50.2. The molecule has 0 spiro atoms. The largest absolute Gasteiger partial charge is 0.493 e. The lowest BCUT2D eigenvalue weighted by molar-refractivity contribution is -0.137. The van der Waals surface area contributed by atoms with E-state index in [4.69, 9.17) is 15.2 Å². The molecular formula is C21H20F3N3O4S. The van der Waals surface area contributed by atoms with Crippen molar-refractivity contribution in [3.8, 4) is 11.5 Å². The number of fused-ring (bicyclic) bond motifs is 1. The fourth-order valence-electron chi connectivity index (χ4n) is 3.07. The molecule has 11 heteroatoms. The molecular weight excluding hydrogens is 447 g/mol. The van der Waals surface area contributed by atoms with Gasteiger partial charge < -0.3 is 15.2 Å². The Kier molecular flexibility index (Phi) is 6.97. The Balaban J connectivity index is 2.00. The molecule has 0 aliphatic carbocycles. The number of rotatable bonds is 8. The van der Waals surface area contributed by atoms with Crippen LogP contribution in [0.3, 0.4) is 0 Å². The molecule has 0 radical (unpaired) electrons. The molecule has 2 aromatic carbocycles. The number of hydrogen-bond acceptors (Lipinski definition) is 6. The van der Waals surface area contributed by atoms with Crippen LogP contribution in [-0.2, 0) is 23.9 Å². The number of benzene rings is 2. The maximum absolute atomic E-state index is 13.2. The summed E-state index contributed by atoms with van der Waals surface area (Å²) in [6.45, 7) is 0.141. The molecule has 0 aliphatic rings. The zero-order chi connectivity index (χ0) is 23.5. The summed E-state index contributed by atoms with van der Waals surface area (Å²) in [5.74, 6) is 0.0721. The number of amides is 1. The molecule has 3 aromatic rings. The number of carbonyl (C=O) groups is 1. The van der Waals surface area contributed by atoms with Gasteiger partial charge in [0.15, 0.2) is 16.7 Å². The molecule has 0 atom stereocenters. The molecule has 0 unspecified atom stereocenters. The lowest BCUT2D eigenvalue weighted by Crippen LogP contribution is -2.25. The maximum atomic E-state index is 13.2. The average Bonchev–Trinajstić information content (AvgIpc) is 2.76. The topological polar surface area (TPSA) is 96.4 Å². The van der Waals surface area contributed by atoms with Crippen LogP contribution in [0.4, 0.5) is 13.2 Å². The van der Waals surface area contributed by atoms with Crippen LogP contribution in [0, 0.1) is 0 Å². The van der Waals surface area contributed by atoms with Crippen molar-refractivity contribution < 1.29 is 27.4 Å². The third kappa shape index (κ3) is 5.16. The van der Waals surface area contributed by atoms with Gasteiger partial charge in [-0.15, -0.1) is 0 Å². The van der Waals surface area contributed by atoms with Gasteiger partial charge in [-0.25, -0.2) is 4.98 Å². The summed E-state index contributed by atoms with van der Waals surface area (Å²) in [7, 11) is 2.90. The van der Waals surface area contributed by atoms with Gasteiger partial charge in [-0.05, 0) is 30.2 Å². The van der Waals surface area contributed by atoms with Gasteiger partial charge in [0.2, 0.25) is 5.91 Å². The highest BCUT2D eigenvalue weighted by Crippen LogP contribution is 2.31. The third-order valence-corrected chi connectivity index (χ3v) is 5.67. The first-order valence-electron chi connectivity index (χ1n) is 9.38. The molecule has 32 heavy (non-hydrogen) atoms. The smallest absolute Gasteiger partial charge is 0.416 e. The fourth-order valence-corrected chi connectivity index (χ4v) is 3.84. The molecule has 0 fully saturated rings. The van der Waals surface area contributed by atoms with E-state index >= 15 is 0 Å². The van der Waals surface area contributed by atoms with Crippen molar-refractivity contribution in [2.45, 2.75) is 24.3 Å². The zero-order valence-corrected chi connectivity index (χ0v) is 18.0. The molecule has 0 saturated carbocycles. The van der Waals surface area contributed by atoms with Crippen LogP contribution in [0.15, 0.2) is 46.3 Å². The molecule has 170 valence electrons. The Morgan fingerprint density at radius 3 is 2.31 bits per heavy atom. The Labute approximate surface area is 185 Å². The number of methoxy groups -OCH3 is 2. The predicted octanol–water partition coefficient (Wildman–Crippen LogP) is 3.25. The van der Waals surface area contributed by atoms with Crippen LogP contribution in [-0.4, -0.2) is 35.4 Å². The predicted molar refractivity (Wildman–Crippen MR) is 114 cm³/mol. The average molecular weight is 467 g/mol. The first-order chi connectivity index (χ1) is 15.1. The highest BCUT2D eigenvalue weighted by Gasteiger charge is 2.29. The molecule has 0 saturated heterocycles. The quantitative estimate of drug-likeness (QED) is 0.404. The standard InChI is InChI=1S/C21H20F3N3O4S/c1-30-16-9-14-15(10-17(16)31-2)26-20(32-11-18(25)28)27(19(14)29)8-7-12-3-5-13(6-4-12)21(22,23)24/h3-6,9-10H,7-8,11H2,1-2H3,(H2,25,28). The fraction of sp³-hybridized carbons (Fsp3) is 0.286. The van der Waals surface area contributed by atoms with Crippen molar-refractivity contribution in [3.63, 3.8) is 0 Å². The summed E-state index contributed by atoms with van der Waals surface area (Å²) in [6, 6.07) is 7.80. The van der Waals surface area contributed by atoms with E-state index < -0.39 is 17.6 Å². The van der Waals surface area contributed by atoms with Crippen molar-refractivity contribution in [1.82, 2.24) is 9.55 Å². The highest BCUT2D eigenvalue weighted by molar-refractivity contribution is 7.99. The minimum Gasteiger partial charge on any atom is -0.493 e. The second kappa shape index (κ2) is 9.51. The third-order valence-electron chi connectivity index (χ3n) is 4.67. The number of aromatic nitrogens is 2. The molecule has 1 amide bonds. The Bertz CT molecular complexity index is 1190. The second-order valence-electron chi connectivity index (χ2n) is 6.78. The van der Waals surface area contributed by atoms with Crippen LogP contribution in [0.2, 0.25) is 0 Å². The van der Waals surface area contributed by atoms with E-state index in [1.165, 1.54) is 37.0 Å². The van der Waals surface area contributed by atoms with Crippen LogP contribution < -0.4 is 20.8 Å². The number of aryl methyl sites for hydroxylation is 1. The Morgan fingerprint density at radius 1 is 1.12 bits per heavy atom. The number of halogens is 3. The van der Waals surface area contributed by atoms with Gasteiger partial charge in [0.1, 0.15) is 0 Å². The van der Waals surface area contributed by atoms with Gasteiger partial charge in [0.25, 0.3) is 5.56 Å². The molecule has 0 aliphatic heterocycles. The molecule has 7 nitrogen and oxygen atoms in total. The van der Waals surface area contributed by atoms with Crippen molar-refractivity contribution >= 4 is 28.6 Å². The van der Waals surface area contributed by atoms with Crippen LogP contribution in [0.5, 0.6) is 11.5 Å². The number of hydrogen-bond donors (Lipinski definition) is 1. The van der Waals surface area contributed by atoms with Crippen molar-refractivity contribution in [2.75, 3.05) is 20.0 Å². The minimum atomic E-state index is -4.42. The molecule has 2 N–H and O–H groups in total. The molecule has 0 bridgehead atoms. The molecule has 3 rings (SSSR count). The number of carbonyl (C=O) groups excluding carboxylic acids is 1. The SMILES string of the molecule is COc1cc2nc(SCC(N)=O)n(CCc3ccc(C(F)(F)F)cc3)c(=O)c2cc1OC. The van der Waals surface area contributed by atoms with Gasteiger partial charge >= 0.3 is 6.18 Å². The Morgan fingerprint density at radius 2 is 1.75 bits per heavy atom. The summed E-state index contributed by atoms with van der Waals surface area (Å²) >= 11 is 1.01. The van der Waals surface area contributed by atoms with Crippen molar-refractivity contribution in [3.05, 3.63) is 57.9 Å². The van der Waals surface area contributed by atoms with Crippen LogP contribution >= 0.6 is 11.8 Å². The first kappa shape index (κ1) is 23.5.